The molecule has 0 saturated heterocycles. The largest absolute Gasteiger partial charge is 0.322 e. The summed E-state index contributed by atoms with van der Waals surface area (Å²) in [5.41, 5.74) is 3.86. The molecule has 0 aliphatic rings. The van der Waals surface area contributed by atoms with E-state index in [1.165, 1.54) is 6.33 Å². The van der Waals surface area contributed by atoms with Crippen LogP contribution < -0.4 is 5.32 Å². The van der Waals surface area contributed by atoms with Crippen molar-refractivity contribution in [1.29, 1.82) is 0 Å². The van der Waals surface area contributed by atoms with Crippen LogP contribution in [0.2, 0.25) is 0 Å². The number of hydrogen-bond donors (Lipinski definition) is 1. The van der Waals surface area contributed by atoms with Gasteiger partial charge in [0.2, 0.25) is 0 Å². The van der Waals surface area contributed by atoms with Crippen LogP contribution in [0.5, 0.6) is 0 Å². The third-order valence-corrected chi connectivity index (χ3v) is 3.24. The van der Waals surface area contributed by atoms with E-state index >= 15 is 0 Å². The van der Waals surface area contributed by atoms with Crippen LogP contribution in [0.15, 0.2) is 42.9 Å². The minimum atomic E-state index is -0.209. The summed E-state index contributed by atoms with van der Waals surface area (Å²) in [5, 5.41) is 14.0. The molecule has 0 atom stereocenters. The van der Waals surface area contributed by atoms with Crippen molar-refractivity contribution in [2.75, 3.05) is 5.32 Å². The Balaban J connectivity index is 1.85. The Kier molecular flexibility index (Phi) is 3.61. The first-order chi connectivity index (χ1) is 10.6. The molecule has 0 spiro atoms. The number of carbonyl (C=O) groups is 1. The number of carbonyl (C=O) groups excluding carboxylic acids is 1. The van der Waals surface area contributed by atoms with E-state index < -0.39 is 0 Å². The first-order valence-electron chi connectivity index (χ1n) is 6.71. The number of aryl methyl sites for hydroxylation is 2. The molecule has 7 heteroatoms. The fraction of sp³-hybridized carbons (Fsp3) is 0.133. The molecule has 0 aliphatic heterocycles. The third kappa shape index (κ3) is 2.83. The molecule has 1 aromatic carbocycles. The van der Waals surface area contributed by atoms with Gasteiger partial charge in [-0.15, -0.1) is 5.10 Å². The van der Waals surface area contributed by atoms with Crippen molar-refractivity contribution in [3.63, 3.8) is 0 Å². The van der Waals surface area contributed by atoms with Crippen molar-refractivity contribution in [3.05, 3.63) is 59.7 Å². The molecule has 0 aliphatic carbocycles. The maximum atomic E-state index is 12.2. The number of rotatable bonds is 3. The fourth-order valence-electron chi connectivity index (χ4n) is 2.01. The van der Waals surface area contributed by atoms with Gasteiger partial charge in [0.25, 0.3) is 5.91 Å². The lowest BCUT2D eigenvalue weighted by molar-refractivity contribution is 0.102. The number of aromatic nitrogens is 5. The molecular weight excluding hydrogens is 280 g/mol. The SMILES string of the molecule is Cc1ccc(C(=O)Nc2ccc(C)c(-n3cnnn3)c2)cn1. The fourth-order valence-corrected chi connectivity index (χ4v) is 2.01. The van der Waals surface area contributed by atoms with Crippen molar-refractivity contribution in [2.45, 2.75) is 13.8 Å². The van der Waals surface area contributed by atoms with E-state index in [2.05, 4.69) is 25.8 Å². The summed E-state index contributed by atoms with van der Waals surface area (Å²) in [4.78, 5) is 16.3. The van der Waals surface area contributed by atoms with Crippen LogP contribution in [-0.4, -0.2) is 31.1 Å². The van der Waals surface area contributed by atoms with Crippen molar-refractivity contribution in [2.24, 2.45) is 0 Å². The molecule has 7 nitrogen and oxygen atoms in total. The molecular formula is C15H14N6O. The third-order valence-electron chi connectivity index (χ3n) is 3.24. The summed E-state index contributed by atoms with van der Waals surface area (Å²) < 4.78 is 1.55. The molecule has 0 radical (unpaired) electrons. The number of nitrogens with one attached hydrogen (secondary N) is 1. The molecule has 1 amide bonds. The number of pyridine rings is 1. The Bertz CT molecular complexity index is 795. The lowest BCUT2D eigenvalue weighted by Gasteiger charge is -2.09. The van der Waals surface area contributed by atoms with Crippen LogP contribution in [-0.2, 0) is 0 Å². The average molecular weight is 294 g/mol. The molecule has 0 saturated carbocycles. The summed E-state index contributed by atoms with van der Waals surface area (Å²) in [6, 6.07) is 9.11. The smallest absolute Gasteiger partial charge is 0.257 e. The van der Waals surface area contributed by atoms with E-state index in [0.29, 0.717) is 11.3 Å². The van der Waals surface area contributed by atoms with E-state index in [1.54, 1.807) is 23.0 Å². The number of tetrazole rings is 1. The highest BCUT2D eigenvalue weighted by Gasteiger charge is 2.09. The molecule has 110 valence electrons. The molecule has 0 bridgehead atoms. The van der Waals surface area contributed by atoms with E-state index in [4.69, 9.17) is 0 Å². The zero-order chi connectivity index (χ0) is 15.5. The van der Waals surface area contributed by atoms with Crippen LogP contribution in [0, 0.1) is 13.8 Å². The molecule has 2 heterocycles. The van der Waals surface area contributed by atoms with Crippen molar-refractivity contribution in [3.8, 4) is 5.69 Å². The topological polar surface area (TPSA) is 85.6 Å². The van der Waals surface area contributed by atoms with Crippen LogP contribution in [0.1, 0.15) is 21.6 Å². The van der Waals surface area contributed by atoms with Gasteiger partial charge < -0.3 is 5.32 Å². The minimum absolute atomic E-state index is 0.209. The summed E-state index contributed by atoms with van der Waals surface area (Å²) in [6.45, 7) is 3.83. The van der Waals surface area contributed by atoms with Crippen molar-refractivity contribution < 1.29 is 4.79 Å². The standard InChI is InChI=1S/C15H14N6O/c1-10-3-6-13(7-14(10)21-9-17-19-20-21)18-15(22)12-5-4-11(2)16-8-12/h3-9H,1-2H3,(H,18,22). The van der Waals surface area contributed by atoms with Gasteiger partial charge in [-0.25, -0.2) is 4.68 Å². The van der Waals surface area contributed by atoms with Gasteiger partial charge in [0, 0.05) is 17.6 Å². The van der Waals surface area contributed by atoms with Gasteiger partial charge in [-0.2, -0.15) is 0 Å². The molecule has 0 fully saturated rings. The second-order valence-electron chi connectivity index (χ2n) is 4.90. The average Bonchev–Trinajstić information content (AvgIpc) is 3.04. The predicted molar refractivity (Wildman–Crippen MR) is 80.8 cm³/mol. The number of benzene rings is 1. The maximum absolute atomic E-state index is 12.2. The number of anilines is 1. The second-order valence-corrected chi connectivity index (χ2v) is 4.90. The van der Waals surface area contributed by atoms with Crippen LogP contribution >= 0.6 is 0 Å². The summed E-state index contributed by atoms with van der Waals surface area (Å²) in [6.07, 6.45) is 3.07. The van der Waals surface area contributed by atoms with E-state index in [1.807, 2.05) is 32.0 Å². The lowest BCUT2D eigenvalue weighted by Crippen LogP contribution is -2.13. The monoisotopic (exact) mass is 294 g/mol. The highest BCUT2D eigenvalue weighted by atomic mass is 16.1. The van der Waals surface area contributed by atoms with Crippen molar-refractivity contribution >= 4 is 11.6 Å². The van der Waals surface area contributed by atoms with Crippen LogP contribution in [0.25, 0.3) is 5.69 Å². The quantitative estimate of drug-likeness (QED) is 0.797. The first kappa shape index (κ1) is 13.9. The van der Waals surface area contributed by atoms with Crippen LogP contribution in [0.4, 0.5) is 5.69 Å². The molecule has 3 aromatic rings. The van der Waals surface area contributed by atoms with E-state index in [9.17, 15) is 4.79 Å². The van der Waals surface area contributed by atoms with Gasteiger partial charge in [-0.3, -0.25) is 9.78 Å². The molecule has 2 aromatic heterocycles. The van der Waals surface area contributed by atoms with Gasteiger partial charge in [-0.05, 0) is 54.1 Å². The summed E-state index contributed by atoms with van der Waals surface area (Å²) >= 11 is 0. The highest BCUT2D eigenvalue weighted by molar-refractivity contribution is 6.04. The minimum Gasteiger partial charge on any atom is -0.322 e. The molecule has 1 N–H and O–H groups in total. The van der Waals surface area contributed by atoms with Gasteiger partial charge in [0.1, 0.15) is 6.33 Å². The Labute approximate surface area is 127 Å². The highest BCUT2D eigenvalue weighted by Crippen LogP contribution is 2.18. The lowest BCUT2D eigenvalue weighted by atomic mass is 10.1. The number of hydrogen-bond acceptors (Lipinski definition) is 5. The molecule has 22 heavy (non-hydrogen) atoms. The second kappa shape index (κ2) is 5.72. The normalized spacial score (nSPS) is 10.5. The van der Waals surface area contributed by atoms with Crippen LogP contribution in [0.3, 0.4) is 0 Å². The maximum Gasteiger partial charge on any atom is 0.257 e. The molecule has 0 unspecified atom stereocenters. The Morgan fingerprint density at radius 2 is 2.05 bits per heavy atom. The van der Waals surface area contributed by atoms with Gasteiger partial charge in [-0.1, -0.05) is 6.07 Å². The first-order valence-corrected chi connectivity index (χ1v) is 6.71. The number of amides is 1. The summed E-state index contributed by atoms with van der Waals surface area (Å²) in [5.74, 6) is -0.209. The van der Waals surface area contributed by atoms with Gasteiger partial charge >= 0.3 is 0 Å². The summed E-state index contributed by atoms with van der Waals surface area (Å²) in [7, 11) is 0. The zero-order valence-electron chi connectivity index (χ0n) is 12.2. The molecule has 3 rings (SSSR count). The van der Waals surface area contributed by atoms with Crippen molar-refractivity contribution in [1.82, 2.24) is 25.2 Å². The zero-order valence-corrected chi connectivity index (χ0v) is 12.2. The number of nitrogens with zero attached hydrogens (tertiary/aromatic N) is 5. The van der Waals surface area contributed by atoms with E-state index in [-0.39, 0.29) is 5.91 Å². The Morgan fingerprint density at radius 1 is 1.18 bits per heavy atom. The predicted octanol–water partition coefficient (Wildman–Crippen LogP) is 1.93. The Morgan fingerprint density at radius 3 is 2.73 bits per heavy atom. The van der Waals surface area contributed by atoms with Gasteiger partial charge in [0.15, 0.2) is 0 Å². The van der Waals surface area contributed by atoms with Gasteiger partial charge in [0.05, 0.1) is 11.3 Å². The van der Waals surface area contributed by atoms with E-state index in [0.717, 1.165) is 16.9 Å². The Hall–Kier alpha value is -3.09.